The van der Waals surface area contributed by atoms with Crippen LogP contribution in [0.3, 0.4) is 0 Å². The number of hydrogen-bond acceptors (Lipinski definition) is 1. The van der Waals surface area contributed by atoms with Crippen LogP contribution in [0.25, 0.3) is 0 Å². The molecular weight excluding hydrogens is 377 g/mol. The Labute approximate surface area is 127 Å². The van der Waals surface area contributed by atoms with Crippen molar-refractivity contribution in [3.63, 3.8) is 0 Å². The topological polar surface area (TPSA) is 29.1 Å². The van der Waals surface area contributed by atoms with Crippen LogP contribution in [-0.4, -0.2) is 5.91 Å². The summed E-state index contributed by atoms with van der Waals surface area (Å²) >= 11 is 6.57. The van der Waals surface area contributed by atoms with E-state index in [2.05, 4.69) is 37.2 Å². The van der Waals surface area contributed by atoms with Gasteiger partial charge in [0.05, 0.1) is 5.56 Å². The van der Waals surface area contributed by atoms with E-state index in [1.165, 1.54) is 12.1 Å². The highest BCUT2D eigenvalue weighted by atomic mass is 79.9. The smallest absolute Gasteiger partial charge is 0.254 e. The van der Waals surface area contributed by atoms with E-state index in [-0.39, 0.29) is 5.56 Å². The second-order valence-corrected chi connectivity index (χ2v) is 5.77. The molecule has 98 valence electrons. The minimum absolute atomic E-state index is 0.0318. The molecule has 0 saturated heterocycles. The molecule has 0 aliphatic rings. The van der Waals surface area contributed by atoms with Gasteiger partial charge in [-0.25, -0.2) is 4.39 Å². The number of benzene rings is 2. The average Bonchev–Trinajstić information content (AvgIpc) is 2.39. The molecule has 1 N–H and O–H groups in total. The van der Waals surface area contributed by atoms with E-state index < -0.39 is 11.7 Å². The Balaban J connectivity index is 2.07. The second-order valence-electron chi connectivity index (χ2n) is 3.94. The average molecular weight is 387 g/mol. The maximum Gasteiger partial charge on any atom is 0.254 e. The number of amides is 1. The summed E-state index contributed by atoms with van der Waals surface area (Å²) in [5, 5.41) is 2.69. The molecule has 5 heteroatoms. The minimum Gasteiger partial charge on any atom is -0.348 e. The fraction of sp³-hybridized carbons (Fsp3) is 0.0714. The van der Waals surface area contributed by atoms with Gasteiger partial charge in [0.1, 0.15) is 5.82 Å². The molecular formula is C14H10Br2FNO. The zero-order valence-electron chi connectivity index (χ0n) is 9.79. The normalized spacial score (nSPS) is 10.3. The molecule has 2 aromatic rings. The van der Waals surface area contributed by atoms with Crippen molar-refractivity contribution >= 4 is 37.8 Å². The lowest BCUT2D eigenvalue weighted by atomic mass is 10.2. The zero-order valence-corrected chi connectivity index (χ0v) is 13.0. The van der Waals surface area contributed by atoms with Crippen LogP contribution in [0.15, 0.2) is 51.4 Å². The Morgan fingerprint density at radius 1 is 1.11 bits per heavy atom. The van der Waals surface area contributed by atoms with E-state index in [4.69, 9.17) is 0 Å². The molecule has 0 unspecified atom stereocenters. The van der Waals surface area contributed by atoms with Crippen molar-refractivity contribution in [2.75, 3.05) is 0 Å². The quantitative estimate of drug-likeness (QED) is 0.837. The monoisotopic (exact) mass is 385 g/mol. The lowest BCUT2D eigenvalue weighted by molar-refractivity contribution is 0.0947. The van der Waals surface area contributed by atoms with Gasteiger partial charge in [-0.05, 0) is 35.9 Å². The van der Waals surface area contributed by atoms with Crippen LogP contribution in [0.5, 0.6) is 0 Å². The molecule has 0 aliphatic carbocycles. The summed E-state index contributed by atoms with van der Waals surface area (Å²) in [5.41, 5.74) is 0.975. The van der Waals surface area contributed by atoms with Gasteiger partial charge in [-0.2, -0.15) is 0 Å². The predicted octanol–water partition coefficient (Wildman–Crippen LogP) is 4.28. The van der Waals surface area contributed by atoms with Crippen LogP contribution in [0, 0.1) is 5.82 Å². The third-order valence-corrected chi connectivity index (χ3v) is 3.50. The van der Waals surface area contributed by atoms with Gasteiger partial charge in [-0.1, -0.05) is 44.0 Å². The first-order chi connectivity index (χ1) is 9.06. The third-order valence-electron chi connectivity index (χ3n) is 2.52. The summed E-state index contributed by atoms with van der Waals surface area (Å²) in [6.07, 6.45) is 0. The van der Waals surface area contributed by atoms with Crippen molar-refractivity contribution in [2.24, 2.45) is 0 Å². The highest BCUT2D eigenvalue weighted by Gasteiger charge is 2.11. The van der Waals surface area contributed by atoms with Gasteiger partial charge in [0.25, 0.3) is 5.91 Å². The van der Waals surface area contributed by atoms with E-state index in [1.54, 1.807) is 6.07 Å². The number of hydrogen-bond donors (Lipinski definition) is 1. The molecule has 0 fully saturated rings. The van der Waals surface area contributed by atoms with E-state index in [1.807, 2.05) is 24.3 Å². The molecule has 1 amide bonds. The largest absolute Gasteiger partial charge is 0.348 e. The third kappa shape index (κ3) is 3.88. The van der Waals surface area contributed by atoms with Crippen molar-refractivity contribution < 1.29 is 9.18 Å². The fourth-order valence-corrected chi connectivity index (χ4v) is 2.40. The summed E-state index contributed by atoms with van der Waals surface area (Å²) in [6, 6.07) is 11.9. The maximum absolute atomic E-state index is 13.5. The van der Waals surface area contributed by atoms with Gasteiger partial charge < -0.3 is 5.32 Å². The van der Waals surface area contributed by atoms with Gasteiger partial charge in [-0.15, -0.1) is 0 Å². The number of carbonyl (C=O) groups is 1. The molecule has 2 nitrogen and oxygen atoms in total. The van der Waals surface area contributed by atoms with Gasteiger partial charge in [0, 0.05) is 15.5 Å². The summed E-state index contributed by atoms with van der Waals surface area (Å²) < 4.78 is 15.1. The Hall–Kier alpha value is -1.20. The molecule has 0 saturated carbocycles. The highest BCUT2D eigenvalue weighted by Crippen LogP contribution is 2.16. The molecule has 0 bridgehead atoms. The number of carbonyl (C=O) groups excluding carboxylic acids is 1. The SMILES string of the molecule is O=C(NCc1cccc(Br)c1)c1cc(Br)ccc1F. The van der Waals surface area contributed by atoms with Crippen LogP contribution >= 0.6 is 31.9 Å². The van der Waals surface area contributed by atoms with Crippen LogP contribution in [0.4, 0.5) is 4.39 Å². The highest BCUT2D eigenvalue weighted by molar-refractivity contribution is 9.10. The Bertz CT molecular complexity index is 616. The zero-order chi connectivity index (χ0) is 13.8. The van der Waals surface area contributed by atoms with E-state index >= 15 is 0 Å². The standard InChI is InChI=1S/C14H10Br2FNO/c15-10-3-1-2-9(6-10)8-18-14(19)12-7-11(16)4-5-13(12)17/h1-7H,8H2,(H,18,19). The van der Waals surface area contributed by atoms with Crippen molar-refractivity contribution in [3.8, 4) is 0 Å². The van der Waals surface area contributed by atoms with Crippen LogP contribution in [-0.2, 0) is 6.54 Å². The predicted molar refractivity (Wildman–Crippen MR) is 79.4 cm³/mol. The first-order valence-corrected chi connectivity index (χ1v) is 7.12. The molecule has 0 atom stereocenters. The van der Waals surface area contributed by atoms with Gasteiger partial charge in [-0.3, -0.25) is 4.79 Å². The summed E-state index contributed by atoms with van der Waals surface area (Å²) in [4.78, 5) is 11.9. The molecule has 0 spiro atoms. The van der Waals surface area contributed by atoms with Crippen LogP contribution in [0.1, 0.15) is 15.9 Å². The first-order valence-electron chi connectivity index (χ1n) is 5.54. The Morgan fingerprint density at radius 3 is 2.58 bits per heavy atom. The van der Waals surface area contributed by atoms with E-state index in [0.717, 1.165) is 10.0 Å². The molecule has 2 aromatic carbocycles. The fourth-order valence-electron chi connectivity index (χ4n) is 1.60. The summed E-state index contributed by atoms with van der Waals surface area (Å²) in [6.45, 7) is 0.351. The molecule has 0 heterocycles. The second kappa shape index (κ2) is 6.30. The first kappa shape index (κ1) is 14.2. The lowest BCUT2D eigenvalue weighted by Gasteiger charge is -2.07. The summed E-state index contributed by atoms with van der Waals surface area (Å²) in [5.74, 6) is -0.964. The summed E-state index contributed by atoms with van der Waals surface area (Å²) in [7, 11) is 0. The maximum atomic E-state index is 13.5. The van der Waals surface area contributed by atoms with Crippen LogP contribution in [0.2, 0.25) is 0 Å². The lowest BCUT2D eigenvalue weighted by Crippen LogP contribution is -2.23. The number of halogens is 3. The Morgan fingerprint density at radius 2 is 1.84 bits per heavy atom. The van der Waals surface area contributed by atoms with Crippen molar-refractivity contribution in [1.82, 2.24) is 5.32 Å². The van der Waals surface area contributed by atoms with Crippen molar-refractivity contribution in [3.05, 3.63) is 68.4 Å². The van der Waals surface area contributed by atoms with Gasteiger partial charge in [0.15, 0.2) is 0 Å². The van der Waals surface area contributed by atoms with Gasteiger partial charge in [0.2, 0.25) is 0 Å². The number of rotatable bonds is 3. The van der Waals surface area contributed by atoms with E-state index in [9.17, 15) is 9.18 Å². The minimum atomic E-state index is -0.532. The Kier molecular flexibility index (Phi) is 4.71. The van der Waals surface area contributed by atoms with Gasteiger partial charge >= 0.3 is 0 Å². The van der Waals surface area contributed by atoms with Crippen LogP contribution < -0.4 is 5.32 Å². The molecule has 0 radical (unpaired) electrons. The molecule has 0 aromatic heterocycles. The molecule has 0 aliphatic heterocycles. The van der Waals surface area contributed by atoms with Crippen molar-refractivity contribution in [2.45, 2.75) is 6.54 Å². The van der Waals surface area contributed by atoms with E-state index in [0.29, 0.717) is 11.0 Å². The molecule has 2 rings (SSSR count). The number of nitrogens with one attached hydrogen (secondary N) is 1. The van der Waals surface area contributed by atoms with Crippen molar-refractivity contribution in [1.29, 1.82) is 0 Å². The molecule has 19 heavy (non-hydrogen) atoms.